The third-order valence-corrected chi connectivity index (χ3v) is 2.86. The number of rotatable bonds is 4. The van der Waals surface area contributed by atoms with Crippen LogP contribution in [0.5, 0.6) is 0 Å². The second kappa shape index (κ2) is 9.78. The fourth-order valence-corrected chi connectivity index (χ4v) is 1.64. The highest BCUT2D eigenvalue weighted by Gasteiger charge is 2.31. The monoisotopic (exact) mass is 283 g/mol. The van der Waals surface area contributed by atoms with Gasteiger partial charge < -0.3 is 0 Å². The summed E-state index contributed by atoms with van der Waals surface area (Å²) in [6.07, 6.45) is 3.90. The summed E-state index contributed by atoms with van der Waals surface area (Å²) >= 11 is 1.79. The van der Waals surface area contributed by atoms with Gasteiger partial charge in [0.05, 0.1) is 5.69 Å². The summed E-state index contributed by atoms with van der Waals surface area (Å²) < 4.78 is 22.2. The maximum atomic E-state index is 9.39. The highest BCUT2D eigenvalue weighted by molar-refractivity contribution is 7.97. The standard InChI is InChI=1S/C7H9NS.O5P2/c1-9-6-7-4-2-3-5-8-7;1-6(2)5-7(3)4/h2-5H,6H2,1H3;/p+2. The van der Waals surface area contributed by atoms with E-state index in [1.165, 1.54) is 0 Å². The van der Waals surface area contributed by atoms with Gasteiger partial charge in [-0.25, -0.2) is 0 Å². The Hall–Kier alpha value is -0.420. The fraction of sp³-hybridized carbons (Fsp3) is 0.286. The molecule has 16 heavy (non-hydrogen) atoms. The van der Waals surface area contributed by atoms with Gasteiger partial charge in [0, 0.05) is 21.1 Å². The topological polar surface area (TPSA) is 96.7 Å². The first-order valence-corrected chi connectivity index (χ1v) is 7.61. The minimum atomic E-state index is -2.92. The van der Waals surface area contributed by atoms with Crippen molar-refractivity contribution < 1.29 is 23.2 Å². The Morgan fingerprint density at radius 3 is 2.31 bits per heavy atom. The number of aromatic nitrogens is 1. The number of pyridine rings is 1. The van der Waals surface area contributed by atoms with E-state index in [4.69, 9.17) is 9.79 Å². The van der Waals surface area contributed by atoms with Crippen molar-refractivity contribution in [2.24, 2.45) is 0 Å². The van der Waals surface area contributed by atoms with Crippen LogP contribution in [0, 0.1) is 0 Å². The largest absolute Gasteiger partial charge is 0.745 e. The van der Waals surface area contributed by atoms with Gasteiger partial charge in [-0.15, -0.1) is 9.79 Å². The molecule has 1 rings (SSSR count). The van der Waals surface area contributed by atoms with Gasteiger partial charge >= 0.3 is 16.5 Å². The fourth-order valence-electron chi connectivity index (χ4n) is 0.691. The minimum absolute atomic E-state index is 1.01. The summed E-state index contributed by atoms with van der Waals surface area (Å²) in [6.45, 7) is 0. The van der Waals surface area contributed by atoms with E-state index in [1.54, 1.807) is 11.8 Å². The molecule has 0 fully saturated rings. The Morgan fingerprint density at radius 2 is 2.00 bits per heavy atom. The van der Waals surface area contributed by atoms with Crippen molar-refractivity contribution in [3.05, 3.63) is 30.1 Å². The van der Waals surface area contributed by atoms with Gasteiger partial charge in [-0.1, -0.05) is 6.07 Å². The molecule has 88 valence electrons. The van der Waals surface area contributed by atoms with Gasteiger partial charge in [0.25, 0.3) is 0 Å². The van der Waals surface area contributed by atoms with Crippen molar-refractivity contribution in [3.8, 4) is 0 Å². The molecule has 0 amide bonds. The first kappa shape index (κ1) is 15.6. The normalized spacial score (nSPS) is 11.2. The van der Waals surface area contributed by atoms with Crippen LogP contribution in [-0.2, 0) is 19.2 Å². The molecule has 1 aromatic rings. The van der Waals surface area contributed by atoms with Gasteiger partial charge in [-0.2, -0.15) is 11.8 Å². The predicted octanol–water partition coefficient (Wildman–Crippen LogP) is 2.25. The lowest BCUT2D eigenvalue weighted by Gasteiger charge is -1.92. The molecule has 0 saturated carbocycles. The van der Waals surface area contributed by atoms with Gasteiger partial charge in [-0.3, -0.25) is 4.98 Å². The lowest BCUT2D eigenvalue weighted by molar-refractivity contribution is 0.371. The molecular formula is C7H11NO5P2S+2. The molecule has 6 nitrogen and oxygen atoms in total. The van der Waals surface area contributed by atoms with Crippen molar-refractivity contribution in [3.63, 3.8) is 0 Å². The van der Waals surface area contributed by atoms with Crippen molar-refractivity contribution in [1.29, 1.82) is 0 Å². The molecule has 1 heterocycles. The van der Waals surface area contributed by atoms with Crippen molar-refractivity contribution >= 4 is 28.3 Å². The summed E-state index contributed by atoms with van der Waals surface area (Å²) in [6, 6.07) is 5.98. The van der Waals surface area contributed by atoms with Crippen LogP contribution in [-0.4, -0.2) is 21.0 Å². The van der Waals surface area contributed by atoms with Crippen LogP contribution >= 0.6 is 28.3 Å². The van der Waals surface area contributed by atoms with Gasteiger partial charge in [0.2, 0.25) is 0 Å². The second-order valence-electron chi connectivity index (χ2n) is 2.31. The second-order valence-corrected chi connectivity index (χ2v) is 4.78. The van der Waals surface area contributed by atoms with Crippen LogP contribution in [0.25, 0.3) is 0 Å². The third-order valence-electron chi connectivity index (χ3n) is 1.16. The summed E-state index contributed by atoms with van der Waals surface area (Å²) in [4.78, 5) is 19.5. The molecule has 2 atom stereocenters. The molecule has 0 radical (unpaired) electrons. The molecule has 1 aromatic heterocycles. The average Bonchev–Trinajstić information content (AvgIpc) is 2.18. The predicted molar refractivity (Wildman–Crippen MR) is 62.2 cm³/mol. The minimum Gasteiger partial charge on any atom is -0.260 e. The van der Waals surface area contributed by atoms with E-state index in [2.05, 4.69) is 15.6 Å². The Bertz CT molecular complexity index is 325. The molecule has 0 spiro atoms. The smallest absolute Gasteiger partial charge is 0.260 e. The molecule has 0 aliphatic heterocycles. The maximum absolute atomic E-state index is 9.39. The Balaban J connectivity index is 0.000000293. The molecule has 0 aliphatic carbocycles. The average molecular weight is 283 g/mol. The number of hydrogen-bond donors (Lipinski definition) is 2. The molecule has 0 bridgehead atoms. The van der Waals surface area contributed by atoms with Crippen LogP contribution < -0.4 is 0 Å². The van der Waals surface area contributed by atoms with Crippen LogP contribution in [0.15, 0.2) is 24.4 Å². The molecular weight excluding hydrogens is 272 g/mol. The quantitative estimate of drug-likeness (QED) is 0.818. The zero-order valence-electron chi connectivity index (χ0n) is 8.39. The van der Waals surface area contributed by atoms with Crippen LogP contribution in [0.3, 0.4) is 0 Å². The number of hydrogen-bond acceptors (Lipinski definition) is 5. The molecule has 2 unspecified atom stereocenters. The van der Waals surface area contributed by atoms with E-state index in [0.29, 0.717) is 0 Å². The summed E-state index contributed by atoms with van der Waals surface area (Å²) in [7, 11) is -5.85. The summed E-state index contributed by atoms with van der Waals surface area (Å²) in [5, 5.41) is 0. The van der Waals surface area contributed by atoms with E-state index in [0.717, 1.165) is 11.4 Å². The number of nitrogens with zero attached hydrogens (tertiary/aromatic N) is 1. The van der Waals surface area contributed by atoms with Crippen molar-refractivity contribution in [2.45, 2.75) is 5.75 Å². The van der Waals surface area contributed by atoms with E-state index in [1.807, 2.05) is 24.4 Å². The molecule has 2 N–H and O–H groups in total. The van der Waals surface area contributed by atoms with Crippen molar-refractivity contribution in [2.75, 3.05) is 6.26 Å². The zero-order valence-corrected chi connectivity index (χ0v) is 11.0. The van der Waals surface area contributed by atoms with Gasteiger partial charge in [0.1, 0.15) is 0 Å². The highest BCUT2D eigenvalue weighted by atomic mass is 32.2. The summed E-state index contributed by atoms with van der Waals surface area (Å²) in [5.74, 6) is 1.01. The highest BCUT2D eigenvalue weighted by Crippen LogP contribution is 2.30. The summed E-state index contributed by atoms with van der Waals surface area (Å²) in [5.41, 5.74) is 1.16. The molecule has 0 aliphatic rings. The van der Waals surface area contributed by atoms with Crippen LogP contribution in [0.2, 0.25) is 0 Å². The van der Waals surface area contributed by atoms with Crippen LogP contribution in [0.1, 0.15) is 5.69 Å². The molecule has 0 aromatic carbocycles. The van der Waals surface area contributed by atoms with Crippen molar-refractivity contribution in [1.82, 2.24) is 4.98 Å². The Labute approximate surface area is 99.0 Å². The molecule has 9 heteroatoms. The first-order valence-electron chi connectivity index (χ1n) is 3.95. The first-order chi connectivity index (χ1) is 7.56. The third kappa shape index (κ3) is 10.1. The lowest BCUT2D eigenvalue weighted by Crippen LogP contribution is -1.81. The van der Waals surface area contributed by atoms with E-state index >= 15 is 0 Å². The van der Waals surface area contributed by atoms with Gasteiger partial charge in [-0.05, 0) is 18.4 Å². The lowest BCUT2D eigenvalue weighted by atomic mass is 10.4. The van der Waals surface area contributed by atoms with Gasteiger partial charge in [0.15, 0.2) is 4.31 Å². The number of thioether (sulfide) groups is 1. The molecule has 0 saturated heterocycles. The zero-order chi connectivity index (χ0) is 12.4. The van der Waals surface area contributed by atoms with Crippen LogP contribution in [0.4, 0.5) is 0 Å². The SMILES string of the molecule is CSCc1ccccn1.O=[P+](O)O[P+](=O)O. The Kier molecular flexibility index (Phi) is 9.52. The maximum Gasteiger partial charge on any atom is 0.745 e. The van der Waals surface area contributed by atoms with E-state index in [-0.39, 0.29) is 0 Å². The Morgan fingerprint density at radius 1 is 1.38 bits per heavy atom. The van der Waals surface area contributed by atoms with E-state index < -0.39 is 16.5 Å². The van der Waals surface area contributed by atoms with E-state index in [9.17, 15) is 9.13 Å².